The lowest BCUT2D eigenvalue weighted by atomic mass is 9.79. The first-order valence-corrected chi connectivity index (χ1v) is 7.86. The van der Waals surface area contributed by atoms with Gasteiger partial charge in [-0.25, -0.2) is 0 Å². The van der Waals surface area contributed by atoms with E-state index in [4.69, 9.17) is 4.74 Å². The molecule has 1 spiro atoms. The second-order valence-corrected chi connectivity index (χ2v) is 6.56. The number of hydrogen-bond acceptors (Lipinski definition) is 2. The van der Waals surface area contributed by atoms with Gasteiger partial charge in [-0.3, -0.25) is 4.79 Å². The van der Waals surface area contributed by atoms with Crippen molar-refractivity contribution < 1.29 is 9.53 Å². The Bertz CT molecular complexity index is 492. The van der Waals surface area contributed by atoms with Crippen LogP contribution < -0.4 is 0 Å². The van der Waals surface area contributed by atoms with Gasteiger partial charge in [-0.2, -0.15) is 0 Å². The number of Topliss-reactive ketones (excluding diaryl/α,β-unsaturated/α-hetero) is 1. The highest BCUT2D eigenvalue weighted by Crippen LogP contribution is 2.43. The monoisotopic (exact) mass is 272 g/mol. The first-order chi connectivity index (χ1) is 9.61. The lowest BCUT2D eigenvalue weighted by Crippen LogP contribution is -2.40. The maximum absolute atomic E-state index is 12.9. The summed E-state index contributed by atoms with van der Waals surface area (Å²) in [5.41, 5.74) is 3.20. The molecule has 2 fully saturated rings. The highest BCUT2D eigenvalue weighted by molar-refractivity contribution is 6.00. The van der Waals surface area contributed by atoms with Crippen molar-refractivity contribution in [1.82, 2.24) is 0 Å². The van der Waals surface area contributed by atoms with Crippen molar-refractivity contribution in [2.45, 2.75) is 58.0 Å². The van der Waals surface area contributed by atoms with Crippen LogP contribution in [0.25, 0.3) is 0 Å². The van der Waals surface area contributed by atoms with Crippen LogP contribution in [0.3, 0.4) is 0 Å². The van der Waals surface area contributed by atoms with Gasteiger partial charge in [-0.1, -0.05) is 31.0 Å². The van der Waals surface area contributed by atoms with E-state index < -0.39 is 0 Å². The highest BCUT2D eigenvalue weighted by atomic mass is 16.5. The Morgan fingerprint density at radius 2 is 1.85 bits per heavy atom. The maximum atomic E-state index is 12.9. The standard InChI is InChI=1S/C18H24O2/c1-13-6-5-7-14(2)16(13)17(19)15-8-11-20-18(12-15)9-3-4-10-18/h5-7,15H,3-4,8-12H2,1-2H3. The fourth-order valence-electron chi connectivity index (χ4n) is 4.03. The van der Waals surface area contributed by atoms with E-state index in [2.05, 4.69) is 0 Å². The van der Waals surface area contributed by atoms with Crippen LogP contribution in [-0.2, 0) is 4.74 Å². The minimum atomic E-state index is 0.0230. The molecule has 1 aliphatic carbocycles. The Morgan fingerprint density at radius 1 is 1.20 bits per heavy atom. The zero-order valence-electron chi connectivity index (χ0n) is 12.6. The number of carbonyl (C=O) groups is 1. The Kier molecular flexibility index (Phi) is 3.68. The molecule has 0 aromatic heterocycles. The van der Waals surface area contributed by atoms with Gasteiger partial charge in [-0.05, 0) is 50.7 Å². The van der Waals surface area contributed by atoms with Gasteiger partial charge in [0, 0.05) is 18.1 Å². The molecule has 0 bridgehead atoms. The van der Waals surface area contributed by atoms with Crippen molar-refractivity contribution in [3.8, 4) is 0 Å². The van der Waals surface area contributed by atoms with Crippen LogP contribution in [-0.4, -0.2) is 18.0 Å². The van der Waals surface area contributed by atoms with Crippen molar-refractivity contribution in [2.75, 3.05) is 6.61 Å². The smallest absolute Gasteiger partial charge is 0.166 e. The van der Waals surface area contributed by atoms with Crippen LogP contribution in [0.1, 0.15) is 60.0 Å². The second kappa shape index (κ2) is 5.33. The fourth-order valence-corrected chi connectivity index (χ4v) is 4.03. The molecule has 1 heterocycles. The van der Waals surface area contributed by atoms with Crippen LogP contribution in [0.4, 0.5) is 0 Å². The molecule has 1 atom stereocenters. The summed E-state index contributed by atoms with van der Waals surface area (Å²) in [5.74, 6) is 0.497. The SMILES string of the molecule is Cc1cccc(C)c1C(=O)C1CCOC2(CCCC2)C1. The van der Waals surface area contributed by atoms with E-state index in [9.17, 15) is 4.79 Å². The summed E-state index contributed by atoms with van der Waals surface area (Å²) in [6.07, 6.45) is 6.61. The minimum absolute atomic E-state index is 0.0230. The largest absolute Gasteiger partial charge is 0.375 e. The molecule has 1 unspecified atom stereocenters. The molecule has 1 aliphatic heterocycles. The number of ether oxygens (including phenoxy) is 1. The van der Waals surface area contributed by atoms with Crippen LogP contribution in [0.5, 0.6) is 0 Å². The van der Waals surface area contributed by atoms with Crippen molar-refractivity contribution >= 4 is 5.78 Å². The first-order valence-electron chi connectivity index (χ1n) is 7.86. The topological polar surface area (TPSA) is 26.3 Å². The summed E-state index contributed by atoms with van der Waals surface area (Å²) in [4.78, 5) is 12.9. The third-order valence-electron chi connectivity index (χ3n) is 5.11. The van der Waals surface area contributed by atoms with E-state index in [0.717, 1.165) is 49.0 Å². The number of aryl methyl sites for hydroxylation is 2. The lowest BCUT2D eigenvalue weighted by Gasteiger charge is -2.38. The molecule has 108 valence electrons. The molecule has 1 saturated carbocycles. The Hall–Kier alpha value is -1.15. The Balaban J connectivity index is 1.83. The molecular weight excluding hydrogens is 248 g/mol. The average Bonchev–Trinajstić information content (AvgIpc) is 2.86. The summed E-state index contributed by atoms with van der Waals surface area (Å²) in [6.45, 7) is 4.84. The average molecular weight is 272 g/mol. The number of ketones is 1. The molecule has 2 nitrogen and oxygen atoms in total. The van der Waals surface area contributed by atoms with Crippen LogP contribution in [0.2, 0.25) is 0 Å². The molecule has 0 N–H and O–H groups in total. The van der Waals surface area contributed by atoms with E-state index in [1.165, 1.54) is 12.8 Å². The van der Waals surface area contributed by atoms with Gasteiger partial charge in [0.1, 0.15) is 0 Å². The van der Waals surface area contributed by atoms with Gasteiger partial charge in [-0.15, -0.1) is 0 Å². The summed E-state index contributed by atoms with van der Waals surface area (Å²) >= 11 is 0. The van der Waals surface area contributed by atoms with Gasteiger partial charge in [0.2, 0.25) is 0 Å². The molecule has 0 radical (unpaired) electrons. The molecule has 1 aromatic carbocycles. The molecule has 0 amide bonds. The predicted molar refractivity (Wildman–Crippen MR) is 80.1 cm³/mol. The molecular formula is C18H24O2. The molecule has 20 heavy (non-hydrogen) atoms. The van der Waals surface area contributed by atoms with E-state index in [1.54, 1.807) is 0 Å². The van der Waals surface area contributed by atoms with Gasteiger partial charge < -0.3 is 4.74 Å². The highest BCUT2D eigenvalue weighted by Gasteiger charge is 2.42. The minimum Gasteiger partial charge on any atom is -0.375 e. The fraction of sp³-hybridized carbons (Fsp3) is 0.611. The van der Waals surface area contributed by atoms with Crippen LogP contribution in [0, 0.1) is 19.8 Å². The zero-order chi connectivity index (χ0) is 14.2. The number of rotatable bonds is 2. The van der Waals surface area contributed by atoms with Crippen molar-refractivity contribution in [1.29, 1.82) is 0 Å². The van der Waals surface area contributed by atoms with Crippen LogP contribution in [0.15, 0.2) is 18.2 Å². The Labute approximate surface area is 121 Å². The number of hydrogen-bond donors (Lipinski definition) is 0. The normalized spacial score (nSPS) is 25.0. The summed E-state index contributed by atoms with van der Waals surface area (Å²) in [7, 11) is 0. The van der Waals surface area contributed by atoms with E-state index in [0.29, 0.717) is 5.78 Å². The van der Waals surface area contributed by atoms with Crippen molar-refractivity contribution in [2.24, 2.45) is 5.92 Å². The maximum Gasteiger partial charge on any atom is 0.166 e. The Morgan fingerprint density at radius 3 is 2.50 bits per heavy atom. The summed E-state index contributed by atoms with van der Waals surface area (Å²) in [5, 5.41) is 0. The van der Waals surface area contributed by atoms with Gasteiger partial charge in [0.15, 0.2) is 5.78 Å². The zero-order valence-corrected chi connectivity index (χ0v) is 12.6. The van der Waals surface area contributed by atoms with Crippen molar-refractivity contribution in [3.63, 3.8) is 0 Å². The summed E-state index contributed by atoms with van der Waals surface area (Å²) < 4.78 is 6.05. The number of benzene rings is 1. The third kappa shape index (κ3) is 2.42. The van der Waals surface area contributed by atoms with Gasteiger partial charge in [0.05, 0.1) is 5.60 Å². The van der Waals surface area contributed by atoms with E-state index in [-0.39, 0.29) is 11.5 Å². The van der Waals surface area contributed by atoms with Gasteiger partial charge >= 0.3 is 0 Å². The molecule has 1 saturated heterocycles. The van der Waals surface area contributed by atoms with Crippen LogP contribution >= 0.6 is 0 Å². The number of carbonyl (C=O) groups excluding carboxylic acids is 1. The quantitative estimate of drug-likeness (QED) is 0.753. The van der Waals surface area contributed by atoms with Crippen molar-refractivity contribution in [3.05, 3.63) is 34.9 Å². The first kappa shape index (κ1) is 13.8. The molecule has 3 rings (SSSR count). The lowest BCUT2D eigenvalue weighted by molar-refractivity contribution is -0.0866. The summed E-state index contributed by atoms with van der Waals surface area (Å²) in [6, 6.07) is 6.12. The van der Waals surface area contributed by atoms with Gasteiger partial charge in [0.25, 0.3) is 0 Å². The molecule has 2 aliphatic rings. The second-order valence-electron chi connectivity index (χ2n) is 6.56. The molecule has 1 aromatic rings. The van der Waals surface area contributed by atoms with E-state index in [1.807, 2.05) is 32.0 Å². The molecule has 2 heteroatoms. The van der Waals surface area contributed by atoms with E-state index >= 15 is 0 Å². The predicted octanol–water partition coefficient (Wildman–Crippen LogP) is 4.23. The third-order valence-corrected chi connectivity index (χ3v) is 5.11.